The first kappa shape index (κ1) is 16.4. The maximum absolute atomic E-state index is 12.4. The maximum Gasteiger partial charge on any atom is 0.240 e. The van der Waals surface area contributed by atoms with Crippen LogP contribution in [0.4, 0.5) is 0 Å². The molecule has 0 spiro atoms. The van der Waals surface area contributed by atoms with Crippen molar-refractivity contribution in [3.05, 3.63) is 29.3 Å². The van der Waals surface area contributed by atoms with Crippen molar-refractivity contribution in [1.29, 1.82) is 0 Å². The molecule has 2 atom stereocenters. The van der Waals surface area contributed by atoms with Crippen LogP contribution in [0.2, 0.25) is 0 Å². The zero-order valence-electron chi connectivity index (χ0n) is 12.5. The summed E-state index contributed by atoms with van der Waals surface area (Å²) >= 11 is 0. The van der Waals surface area contributed by atoms with E-state index in [1.54, 1.807) is 25.3 Å². The SMILES string of the molecule is CCc1ccc(S(=O)(=O)NC2CCC(OC)C2)cc1CO. The van der Waals surface area contributed by atoms with Crippen molar-refractivity contribution in [3.63, 3.8) is 0 Å². The molecule has 5 nitrogen and oxygen atoms in total. The van der Waals surface area contributed by atoms with Gasteiger partial charge in [-0.25, -0.2) is 13.1 Å². The minimum absolute atomic E-state index is 0.0802. The molecule has 1 saturated carbocycles. The molecule has 1 aliphatic rings. The number of ether oxygens (including phenoxy) is 1. The third-order valence-electron chi connectivity index (χ3n) is 4.08. The fourth-order valence-corrected chi connectivity index (χ4v) is 4.14. The van der Waals surface area contributed by atoms with Gasteiger partial charge in [0, 0.05) is 13.2 Å². The average molecular weight is 313 g/mol. The highest BCUT2D eigenvalue weighted by molar-refractivity contribution is 7.89. The number of sulfonamides is 1. The molecule has 0 saturated heterocycles. The Balaban J connectivity index is 2.16. The molecule has 0 aromatic heterocycles. The van der Waals surface area contributed by atoms with E-state index in [1.165, 1.54) is 0 Å². The van der Waals surface area contributed by atoms with Crippen LogP contribution in [0.25, 0.3) is 0 Å². The molecule has 1 aromatic rings. The Hall–Kier alpha value is -0.950. The van der Waals surface area contributed by atoms with E-state index in [1.807, 2.05) is 6.92 Å². The Labute approximate surface area is 126 Å². The van der Waals surface area contributed by atoms with E-state index in [9.17, 15) is 13.5 Å². The number of aryl methyl sites for hydroxylation is 1. The zero-order valence-corrected chi connectivity index (χ0v) is 13.3. The molecule has 21 heavy (non-hydrogen) atoms. The first-order chi connectivity index (χ1) is 10.00. The molecule has 1 aromatic carbocycles. The quantitative estimate of drug-likeness (QED) is 0.836. The minimum Gasteiger partial charge on any atom is -0.392 e. The highest BCUT2D eigenvalue weighted by atomic mass is 32.2. The van der Waals surface area contributed by atoms with E-state index in [2.05, 4.69) is 4.72 Å². The van der Waals surface area contributed by atoms with Crippen molar-refractivity contribution in [2.45, 2.75) is 56.3 Å². The first-order valence-corrected chi connectivity index (χ1v) is 8.76. The minimum atomic E-state index is -3.55. The number of hydrogen-bond acceptors (Lipinski definition) is 4. The van der Waals surface area contributed by atoms with Gasteiger partial charge in [0.2, 0.25) is 10.0 Å². The smallest absolute Gasteiger partial charge is 0.240 e. The highest BCUT2D eigenvalue weighted by Gasteiger charge is 2.28. The van der Waals surface area contributed by atoms with Gasteiger partial charge < -0.3 is 9.84 Å². The van der Waals surface area contributed by atoms with Gasteiger partial charge in [0.25, 0.3) is 0 Å². The van der Waals surface area contributed by atoms with Crippen molar-refractivity contribution in [2.24, 2.45) is 0 Å². The van der Waals surface area contributed by atoms with Crippen LogP contribution in [0.15, 0.2) is 23.1 Å². The third-order valence-corrected chi connectivity index (χ3v) is 5.60. The third kappa shape index (κ3) is 3.83. The molecular formula is C15H23NO4S. The number of hydrogen-bond donors (Lipinski definition) is 2. The second-order valence-electron chi connectivity index (χ2n) is 5.43. The van der Waals surface area contributed by atoms with Crippen molar-refractivity contribution >= 4 is 10.0 Å². The lowest BCUT2D eigenvalue weighted by Gasteiger charge is -2.15. The van der Waals surface area contributed by atoms with Crippen molar-refractivity contribution < 1.29 is 18.3 Å². The van der Waals surface area contributed by atoms with Crippen LogP contribution in [0.1, 0.15) is 37.3 Å². The van der Waals surface area contributed by atoms with Gasteiger partial charge in [0.15, 0.2) is 0 Å². The Morgan fingerprint density at radius 2 is 2.10 bits per heavy atom. The van der Waals surface area contributed by atoms with Crippen LogP contribution in [0.3, 0.4) is 0 Å². The van der Waals surface area contributed by atoms with Crippen LogP contribution in [-0.2, 0) is 27.8 Å². The lowest BCUT2D eigenvalue weighted by Crippen LogP contribution is -2.33. The number of rotatable bonds is 6. The highest BCUT2D eigenvalue weighted by Crippen LogP contribution is 2.24. The van der Waals surface area contributed by atoms with Crippen LogP contribution in [0, 0.1) is 0 Å². The summed E-state index contributed by atoms with van der Waals surface area (Å²) < 4.78 is 32.8. The van der Waals surface area contributed by atoms with Gasteiger partial charge in [-0.1, -0.05) is 13.0 Å². The summed E-state index contributed by atoms with van der Waals surface area (Å²) in [7, 11) is -1.90. The number of methoxy groups -OCH3 is 1. The van der Waals surface area contributed by atoms with Crippen LogP contribution < -0.4 is 4.72 Å². The summed E-state index contributed by atoms with van der Waals surface area (Å²) in [5, 5.41) is 9.36. The Morgan fingerprint density at radius 3 is 2.67 bits per heavy atom. The Morgan fingerprint density at radius 1 is 1.33 bits per heavy atom. The summed E-state index contributed by atoms with van der Waals surface area (Å²) in [5.41, 5.74) is 1.64. The van der Waals surface area contributed by atoms with Crippen molar-refractivity contribution in [3.8, 4) is 0 Å². The first-order valence-electron chi connectivity index (χ1n) is 7.28. The van der Waals surface area contributed by atoms with Gasteiger partial charge >= 0.3 is 0 Å². The topological polar surface area (TPSA) is 75.6 Å². The van der Waals surface area contributed by atoms with Gasteiger partial charge in [-0.05, 0) is 48.9 Å². The molecule has 0 aliphatic heterocycles. The summed E-state index contributed by atoms with van der Waals surface area (Å²) in [5.74, 6) is 0. The van der Waals surface area contributed by atoms with E-state index >= 15 is 0 Å². The van der Waals surface area contributed by atoms with E-state index in [-0.39, 0.29) is 23.6 Å². The molecule has 0 bridgehead atoms. The molecule has 2 rings (SSSR count). The summed E-state index contributed by atoms with van der Waals surface area (Å²) in [6.07, 6.45) is 3.27. The normalized spacial score (nSPS) is 22.6. The molecule has 0 heterocycles. The predicted molar refractivity (Wildman–Crippen MR) is 80.5 cm³/mol. The molecule has 1 fully saturated rings. The summed E-state index contributed by atoms with van der Waals surface area (Å²) in [6.45, 7) is 1.83. The van der Waals surface area contributed by atoms with Gasteiger partial charge in [0.1, 0.15) is 0 Å². The van der Waals surface area contributed by atoms with Crippen molar-refractivity contribution in [2.75, 3.05) is 7.11 Å². The number of aliphatic hydroxyl groups is 1. The molecule has 2 unspecified atom stereocenters. The lowest BCUT2D eigenvalue weighted by molar-refractivity contribution is 0.107. The zero-order chi connectivity index (χ0) is 15.5. The summed E-state index contributed by atoms with van der Waals surface area (Å²) in [4.78, 5) is 0.213. The van der Waals surface area contributed by atoms with Crippen LogP contribution in [0.5, 0.6) is 0 Å². The van der Waals surface area contributed by atoms with Gasteiger partial charge in [-0.2, -0.15) is 0 Å². The van der Waals surface area contributed by atoms with Crippen LogP contribution in [-0.4, -0.2) is 32.8 Å². The Bertz CT molecular complexity index is 585. The largest absolute Gasteiger partial charge is 0.392 e. The number of nitrogens with one attached hydrogen (secondary N) is 1. The van der Waals surface area contributed by atoms with Crippen molar-refractivity contribution in [1.82, 2.24) is 4.72 Å². The second kappa shape index (κ2) is 6.87. The second-order valence-corrected chi connectivity index (χ2v) is 7.15. The molecule has 1 aliphatic carbocycles. The molecule has 0 amide bonds. The lowest BCUT2D eigenvalue weighted by atomic mass is 10.1. The maximum atomic E-state index is 12.4. The van der Waals surface area contributed by atoms with E-state index < -0.39 is 10.0 Å². The number of benzene rings is 1. The fraction of sp³-hybridized carbons (Fsp3) is 0.600. The predicted octanol–water partition coefficient (Wildman–Crippen LogP) is 1.59. The van der Waals surface area contributed by atoms with Gasteiger partial charge in [0.05, 0.1) is 17.6 Å². The van der Waals surface area contributed by atoms with E-state index in [0.717, 1.165) is 24.8 Å². The molecule has 2 N–H and O–H groups in total. The standard InChI is InChI=1S/C15H23NO4S/c1-3-11-4-7-15(8-12(11)10-17)21(18,19)16-13-5-6-14(9-13)20-2/h4,7-8,13-14,16-17H,3,5-6,9-10H2,1-2H3. The Kier molecular flexibility index (Phi) is 5.37. The summed E-state index contributed by atoms with van der Waals surface area (Å²) in [6, 6.07) is 4.85. The monoisotopic (exact) mass is 313 g/mol. The average Bonchev–Trinajstić information content (AvgIpc) is 2.93. The van der Waals surface area contributed by atoms with Gasteiger partial charge in [-0.15, -0.1) is 0 Å². The molecule has 6 heteroatoms. The number of aliphatic hydroxyl groups excluding tert-OH is 1. The molecular weight excluding hydrogens is 290 g/mol. The fourth-order valence-electron chi connectivity index (χ4n) is 2.81. The van der Waals surface area contributed by atoms with E-state index in [0.29, 0.717) is 12.0 Å². The molecule has 0 radical (unpaired) electrons. The van der Waals surface area contributed by atoms with Gasteiger partial charge in [-0.3, -0.25) is 0 Å². The van der Waals surface area contributed by atoms with Crippen LogP contribution >= 0.6 is 0 Å². The van der Waals surface area contributed by atoms with E-state index in [4.69, 9.17) is 4.74 Å². The molecule has 118 valence electrons.